The first-order valence-electron chi connectivity index (χ1n) is 11.2. The standard InChI is InChI=1S/C24H26ClN7O2/c1-13-22-20(12-30(13)4)32-14(2)28-29-24(32)19(27-23(22)16-5-7-17(25)8-6-16)9-21(34)26-18-10-31(11-18)15(3)33/h5-8,12,18-19H,9-11H2,1-4H3,(H,26,34)/t19-/m0/s1. The fraction of sp³-hybridized carbons (Fsp3) is 0.375. The number of aliphatic imine (C=N–C) groups is 1. The summed E-state index contributed by atoms with van der Waals surface area (Å²) in [6.07, 6.45) is 2.17. The molecule has 5 rings (SSSR count). The van der Waals surface area contributed by atoms with Crippen LogP contribution in [0.3, 0.4) is 0 Å². The van der Waals surface area contributed by atoms with Gasteiger partial charge in [0.05, 0.1) is 23.9 Å². The molecule has 1 saturated heterocycles. The molecule has 2 aromatic heterocycles. The van der Waals surface area contributed by atoms with Crippen LogP contribution >= 0.6 is 11.6 Å². The molecule has 2 aliphatic heterocycles. The number of likely N-dealkylation sites (tertiary alicyclic amines) is 1. The van der Waals surface area contributed by atoms with Gasteiger partial charge in [-0.3, -0.25) is 19.1 Å². The second-order valence-electron chi connectivity index (χ2n) is 8.92. The highest BCUT2D eigenvalue weighted by Crippen LogP contribution is 2.35. The third kappa shape index (κ3) is 3.79. The molecular weight excluding hydrogens is 454 g/mol. The predicted octanol–water partition coefficient (Wildman–Crippen LogP) is 2.51. The number of halogens is 1. The van der Waals surface area contributed by atoms with Gasteiger partial charge in [-0.1, -0.05) is 23.7 Å². The molecule has 34 heavy (non-hydrogen) atoms. The van der Waals surface area contributed by atoms with Crippen molar-refractivity contribution in [3.8, 4) is 5.69 Å². The topological polar surface area (TPSA) is 97.4 Å². The van der Waals surface area contributed by atoms with Gasteiger partial charge in [0, 0.05) is 55.1 Å². The van der Waals surface area contributed by atoms with Crippen LogP contribution in [0.5, 0.6) is 0 Å². The van der Waals surface area contributed by atoms with Crippen molar-refractivity contribution in [2.75, 3.05) is 13.1 Å². The van der Waals surface area contributed by atoms with Gasteiger partial charge in [-0.25, -0.2) is 0 Å². The van der Waals surface area contributed by atoms with Crippen LogP contribution in [0, 0.1) is 13.8 Å². The number of rotatable bonds is 4. The van der Waals surface area contributed by atoms with E-state index >= 15 is 0 Å². The normalized spacial score (nSPS) is 17.4. The Morgan fingerprint density at radius 2 is 1.85 bits per heavy atom. The van der Waals surface area contributed by atoms with Gasteiger partial charge in [0.25, 0.3) is 0 Å². The molecule has 1 aromatic carbocycles. The molecule has 0 unspecified atom stereocenters. The molecule has 0 bridgehead atoms. The summed E-state index contributed by atoms with van der Waals surface area (Å²) in [5.41, 5.74) is 4.67. The van der Waals surface area contributed by atoms with E-state index in [1.165, 1.54) is 6.92 Å². The highest BCUT2D eigenvalue weighted by atomic mass is 35.5. The number of carbonyl (C=O) groups excluding carboxylic acids is 2. The first kappa shape index (κ1) is 22.3. The van der Waals surface area contributed by atoms with Crippen LogP contribution in [0.1, 0.15) is 47.9 Å². The quantitative estimate of drug-likeness (QED) is 0.621. The van der Waals surface area contributed by atoms with Crippen molar-refractivity contribution in [1.29, 1.82) is 0 Å². The number of hydrogen-bond donors (Lipinski definition) is 1. The molecule has 1 fully saturated rings. The van der Waals surface area contributed by atoms with Gasteiger partial charge in [-0.15, -0.1) is 10.2 Å². The summed E-state index contributed by atoms with van der Waals surface area (Å²) < 4.78 is 4.05. The summed E-state index contributed by atoms with van der Waals surface area (Å²) in [5, 5.41) is 12.4. The van der Waals surface area contributed by atoms with Crippen molar-refractivity contribution in [3.63, 3.8) is 0 Å². The van der Waals surface area contributed by atoms with Crippen LogP contribution in [-0.2, 0) is 16.6 Å². The van der Waals surface area contributed by atoms with Crippen molar-refractivity contribution in [2.24, 2.45) is 12.0 Å². The molecule has 0 saturated carbocycles. The average Bonchev–Trinajstić information content (AvgIpc) is 3.23. The van der Waals surface area contributed by atoms with E-state index in [1.54, 1.807) is 4.90 Å². The Bertz CT molecular complexity index is 1320. The zero-order valence-electron chi connectivity index (χ0n) is 19.5. The number of benzene rings is 1. The molecule has 0 aliphatic carbocycles. The fourth-order valence-corrected chi connectivity index (χ4v) is 4.72. The summed E-state index contributed by atoms with van der Waals surface area (Å²) in [6, 6.07) is 7.01. The maximum atomic E-state index is 13.0. The molecule has 0 spiro atoms. The minimum atomic E-state index is -0.520. The molecule has 176 valence electrons. The van der Waals surface area contributed by atoms with E-state index < -0.39 is 6.04 Å². The number of aryl methyl sites for hydroxylation is 2. The second kappa shape index (κ2) is 8.39. The van der Waals surface area contributed by atoms with Crippen LogP contribution in [0.2, 0.25) is 5.02 Å². The van der Waals surface area contributed by atoms with Gasteiger partial charge >= 0.3 is 0 Å². The summed E-state index contributed by atoms with van der Waals surface area (Å²) in [6.45, 7) is 6.55. The van der Waals surface area contributed by atoms with Crippen molar-refractivity contribution in [3.05, 3.63) is 64.0 Å². The number of amides is 2. The lowest BCUT2D eigenvalue weighted by Crippen LogP contribution is -2.60. The number of nitrogens with zero attached hydrogens (tertiary/aromatic N) is 6. The Hall–Kier alpha value is -3.46. The lowest BCUT2D eigenvalue weighted by Gasteiger charge is -2.39. The number of hydrogen-bond acceptors (Lipinski definition) is 5. The van der Waals surface area contributed by atoms with Crippen molar-refractivity contribution < 1.29 is 9.59 Å². The molecule has 2 amide bonds. The van der Waals surface area contributed by atoms with E-state index in [0.29, 0.717) is 23.9 Å². The van der Waals surface area contributed by atoms with E-state index in [2.05, 4.69) is 20.1 Å². The van der Waals surface area contributed by atoms with E-state index in [-0.39, 0.29) is 24.3 Å². The van der Waals surface area contributed by atoms with Gasteiger partial charge in [-0.05, 0) is 26.0 Å². The van der Waals surface area contributed by atoms with Crippen molar-refractivity contribution >= 4 is 29.1 Å². The monoisotopic (exact) mass is 479 g/mol. The summed E-state index contributed by atoms with van der Waals surface area (Å²) >= 11 is 6.15. The first-order valence-corrected chi connectivity index (χ1v) is 11.6. The highest BCUT2D eigenvalue weighted by Gasteiger charge is 2.34. The Kier molecular flexibility index (Phi) is 5.51. The zero-order chi connectivity index (χ0) is 24.1. The summed E-state index contributed by atoms with van der Waals surface area (Å²) in [7, 11) is 2.00. The number of carbonyl (C=O) groups is 2. The largest absolute Gasteiger partial charge is 0.352 e. The predicted molar refractivity (Wildman–Crippen MR) is 128 cm³/mol. The molecular formula is C24H26ClN7O2. The Morgan fingerprint density at radius 3 is 2.53 bits per heavy atom. The molecule has 2 aliphatic rings. The van der Waals surface area contributed by atoms with Crippen molar-refractivity contribution in [1.82, 2.24) is 29.5 Å². The zero-order valence-corrected chi connectivity index (χ0v) is 20.3. The minimum absolute atomic E-state index is 0.0171. The first-order chi connectivity index (χ1) is 16.2. The van der Waals surface area contributed by atoms with Crippen LogP contribution in [-0.4, -0.2) is 60.9 Å². The van der Waals surface area contributed by atoms with Gasteiger partial charge < -0.3 is 14.8 Å². The lowest BCUT2D eigenvalue weighted by atomic mass is 10.0. The third-order valence-electron chi connectivity index (χ3n) is 6.56. The van der Waals surface area contributed by atoms with E-state index in [4.69, 9.17) is 16.6 Å². The van der Waals surface area contributed by atoms with Crippen LogP contribution in [0.25, 0.3) is 5.69 Å². The molecule has 9 nitrogen and oxygen atoms in total. The third-order valence-corrected chi connectivity index (χ3v) is 6.81. The van der Waals surface area contributed by atoms with E-state index in [0.717, 1.165) is 34.0 Å². The molecule has 1 atom stereocenters. The van der Waals surface area contributed by atoms with Crippen LogP contribution in [0.4, 0.5) is 0 Å². The minimum Gasteiger partial charge on any atom is -0.352 e. The van der Waals surface area contributed by atoms with E-state index in [9.17, 15) is 9.59 Å². The maximum Gasteiger partial charge on any atom is 0.222 e. The second-order valence-corrected chi connectivity index (χ2v) is 9.36. The number of fused-ring (bicyclic) bond motifs is 3. The average molecular weight is 480 g/mol. The Balaban J connectivity index is 1.54. The summed E-state index contributed by atoms with van der Waals surface area (Å²) in [4.78, 5) is 31.2. The Morgan fingerprint density at radius 1 is 1.15 bits per heavy atom. The van der Waals surface area contributed by atoms with E-state index in [1.807, 2.05) is 55.9 Å². The van der Waals surface area contributed by atoms with Crippen LogP contribution < -0.4 is 5.32 Å². The van der Waals surface area contributed by atoms with Crippen LogP contribution in [0.15, 0.2) is 35.5 Å². The fourth-order valence-electron chi connectivity index (χ4n) is 4.59. The Labute approximate surface area is 202 Å². The lowest BCUT2D eigenvalue weighted by molar-refractivity contribution is -0.135. The molecule has 1 N–H and O–H groups in total. The molecule has 0 radical (unpaired) electrons. The van der Waals surface area contributed by atoms with Gasteiger partial charge in [0.1, 0.15) is 11.9 Å². The smallest absolute Gasteiger partial charge is 0.222 e. The molecule has 10 heteroatoms. The maximum absolute atomic E-state index is 13.0. The number of aromatic nitrogens is 4. The van der Waals surface area contributed by atoms with Crippen molar-refractivity contribution in [2.45, 2.75) is 39.3 Å². The van der Waals surface area contributed by atoms with Gasteiger partial charge in [-0.2, -0.15) is 0 Å². The summed E-state index contributed by atoms with van der Waals surface area (Å²) in [5.74, 6) is 1.25. The highest BCUT2D eigenvalue weighted by molar-refractivity contribution is 6.30. The SMILES string of the molecule is CC(=O)N1CC(NC(=O)C[C@@H]2N=C(c3ccc(Cl)cc3)c3c(cn(C)c3C)-n3c(C)nnc32)C1. The van der Waals surface area contributed by atoms with Gasteiger partial charge in [0.15, 0.2) is 5.82 Å². The molecule has 4 heterocycles. The molecule has 3 aromatic rings. The van der Waals surface area contributed by atoms with Gasteiger partial charge in [0.2, 0.25) is 11.8 Å². The number of nitrogens with one attached hydrogen (secondary N) is 1.